The Morgan fingerprint density at radius 3 is 2.50 bits per heavy atom. The molecule has 1 saturated carbocycles. The van der Waals surface area contributed by atoms with Crippen LogP contribution in [0, 0.1) is 5.92 Å². The highest BCUT2D eigenvalue weighted by Crippen LogP contribution is 2.33. The summed E-state index contributed by atoms with van der Waals surface area (Å²) in [4.78, 5) is 21.5. The lowest BCUT2D eigenvalue weighted by atomic mass is 10.0. The number of sulfonamides is 1. The fourth-order valence-electron chi connectivity index (χ4n) is 6.60. The molecule has 2 aromatic rings. The topological polar surface area (TPSA) is 145 Å². The minimum Gasteiger partial charge on any atom is -0.492 e. The maximum absolute atomic E-state index is 14.0. The molecule has 2 aromatic carbocycles. The van der Waals surface area contributed by atoms with Crippen LogP contribution in [0.1, 0.15) is 37.7 Å². The standard InChI is InChI=1S/C34H47N3O10S/c38-31(30(22-25-6-2-1-3-7-25)35-34(39)46-32-24-45-33-29(32)14-18-44-33)23-37(47-27-8-4-5-9-27)48(40,41)28-12-10-26(11-13-28)43-21-17-36-15-19-42-20-16-36/h1-3,6-7,10-13,27,29-33,38H,4-5,8-9,14-24H2,(H,35,39)/t29-,30-,31+,32-,33+/m0/s1. The largest absolute Gasteiger partial charge is 0.492 e. The molecule has 3 aliphatic heterocycles. The van der Waals surface area contributed by atoms with Crippen LogP contribution in [0.25, 0.3) is 0 Å². The third kappa shape index (κ3) is 9.24. The molecule has 0 aromatic heterocycles. The van der Waals surface area contributed by atoms with Crippen LogP contribution in [-0.2, 0) is 40.2 Å². The van der Waals surface area contributed by atoms with Gasteiger partial charge in [-0.15, -0.1) is 0 Å². The first-order valence-corrected chi connectivity index (χ1v) is 18.4. The molecule has 0 radical (unpaired) electrons. The molecule has 0 unspecified atom stereocenters. The van der Waals surface area contributed by atoms with Crippen LogP contribution in [0.15, 0.2) is 59.5 Å². The summed E-state index contributed by atoms with van der Waals surface area (Å²) in [6.07, 6.45) is 1.05. The van der Waals surface area contributed by atoms with Gasteiger partial charge in [-0.2, -0.15) is 0 Å². The molecule has 264 valence electrons. The Balaban J connectivity index is 1.13. The number of hydrogen-bond acceptors (Lipinski definition) is 11. The van der Waals surface area contributed by atoms with Gasteiger partial charge in [0.1, 0.15) is 18.5 Å². The van der Waals surface area contributed by atoms with Crippen molar-refractivity contribution in [3.8, 4) is 5.75 Å². The van der Waals surface area contributed by atoms with Gasteiger partial charge in [-0.05, 0) is 55.5 Å². The van der Waals surface area contributed by atoms with E-state index in [-0.39, 0.29) is 36.2 Å². The van der Waals surface area contributed by atoms with Crippen molar-refractivity contribution in [1.82, 2.24) is 14.7 Å². The van der Waals surface area contributed by atoms with Gasteiger partial charge in [0.25, 0.3) is 10.0 Å². The molecule has 13 nitrogen and oxygen atoms in total. The molecular formula is C34H47N3O10S. The van der Waals surface area contributed by atoms with Gasteiger partial charge in [-0.1, -0.05) is 47.6 Å². The predicted octanol–water partition coefficient (Wildman–Crippen LogP) is 2.72. The van der Waals surface area contributed by atoms with Gasteiger partial charge in [-0.3, -0.25) is 9.74 Å². The first-order chi connectivity index (χ1) is 23.3. The van der Waals surface area contributed by atoms with Crippen molar-refractivity contribution in [3.05, 3.63) is 60.2 Å². The fourth-order valence-corrected chi connectivity index (χ4v) is 7.90. The van der Waals surface area contributed by atoms with Gasteiger partial charge in [0.2, 0.25) is 0 Å². The van der Waals surface area contributed by atoms with E-state index in [1.807, 2.05) is 30.3 Å². The number of ether oxygens (including phenoxy) is 5. The molecule has 14 heteroatoms. The molecule has 3 heterocycles. The smallest absolute Gasteiger partial charge is 0.407 e. The summed E-state index contributed by atoms with van der Waals surface area (Å²) in [5.74, 6) is 0.509. The molecule has 48 heavy (non-hydrogen) atoms. The number of nitrogens with zero attached hydrogens (tertiary/aromatic N) is 2. The summed E-state index contributed by atoms with van der Waals surface area (Å²) in [6, 6.07) is 14.7. The Hall–Kier alpha value is -2.82. The molecule has 2 N–H and O–H groups in total. The van der Waals surface area contributed by atoms with E-state index in [0.29, 0.717) is 45.0 Å². The first kappa shape index (κ1) is 35.0. The number of nitrogens with one attached hydrogen (secondary N) is 1. The SMILES string of the molecule is O=C(N[C@@H](Cc1ccccc1)[C@H](O)CN(OC1CCCC1)S(=O)(=O)c1ccc(OCCN2CCOCC2)cc1)O[C@H]1CO[C@H]2OCC[C@H]21. The van der Waals surface area contributed by atoms with Crippen molar-refractivity contribution in [2.45, 2.75) is 74.1 Å². The second-order valence-electron chi connectivity index (χ2n) is 12.8. The van der Waals surface area contributed by atoms with Gasteiger partial charge < -0.3 is 34.1 Å². The predicted molar refractivity (Wildman–Crippen MR) is 174 cm³/mol. The van der Waals surface area contributed by atoms with E-state index in [2.05, 4.69) is 10.2 Å². The molecule has 3 saturated heterocycles. The van der Waals surface area contributed by atoms with Gasteiger partial charge in [0.15, 0.2) is 6.29 Å². The number of rotatable bonds is 15. The number of morpholine rings is 1. The molecule has 0 bridgehead atoms. The minimum atomic E-state index is -4.20. The molecule has 1 amide bonds. The summed E-state index contributed by atoms with van der Waals surface area (Å²) in [5, 5.41) is 14.4. The van der Waals surface area contributed by atoms with Gasteiger partial charge >= 0.3 is 6.09 Å². The lowest BCUT2D eigenvalue weighted by Crippen LogP contribution is -2.51. The van der Waals surface area contributed by atoms with E-state index in [1.165, 1.54) is 12.1 Å². The molecule has 6 rings (SSSR count). The average molecular weight is 690 g/mol. The number of aliphatic hydroxyl groups excluding tert-OH is 1. The number of aliphatic hydroxyl groups is 1. The van der Waals surface area contributed by atoms with Crippen molar-refractivity contribution in [3.63, 3.8) is 0 Å². The molecule has 5 atom stereocenters. The summed E-state index contributed by atoms with van der Waals surface area (Å²) < 4.78 is 57.0. The average Bonchev–Trinajstić information content (AvgIpc) is 3.87. The van der Waals surface area contributed by atoms with Crippen molar-refractivity contribution in [1.29, 1.82) is 0 Å². The molecule has 0 spiro atoms. The maximum Gasteiger partial charge on any atom is 0.407 e. The number of carbonyl (C=O) groups is 1. The number of alkyl carbamates (subject to hydrolysis) is 1. The van der Waals surface area contributed by atoms with E-state index in [4.69, 9.17) is 28.5 Å². The van der Waals surface area contributed by atoms with E-state index in [0.717, 1.165) is 48.9 Å². The van der Waals surface area contributed by atoms with Gasteiger partial charge in [0.05, 0.1) is 62.0 Å². The Kier molecular flexibility index (Phi) is 12.2. The Morgan fingerprint density at radius 1 is 1.00 bits per heavy atom. The van der Waals surface area contributed by atoms with Crippen LogP contribution < -0.4 is 10.1 Å². The second kappa shape index (κ2) is 16.7. The lowest BCUT2D eigenvalue weighted by molar-refractivity contribution is -0.145. The van der Waals surface area contributed by atoms with Crippen LogP contribution in [0.4, 0.5) is 4.79 Å². The Morgan fingerprint density at radius 2 is 1.75 bits per heavy atom. The highest BCUT2D eigenvalue weighted by Gasteiger charge is 2.44. The molecule has 4 fully saturated rings. The molecule has 1 aliphatic carbocycles. The van der Waals surface area contributed by atoms with E-state index >= 15 is 0 Å². The minimum absolute atomic E-state index is 0.00905. The number of benzene rings is 2. The number of fused-ring (bicyclic) bond motifs is 1. The number of hydroxylamine groups is 1. The Bertz CT molecular complexity index is 1400. The normalized spacial score (nSPS) is 24.8. The quantitative estimate of drug-likeness (QED) is 0.266. The van der Waals surface area contributed by atoms with Crippen LogP contribution >= 0.6 is 0 Å². The first-order valence-electron chi connectivity index (χ1n) is 17.0. The van der Waals surface area contributed by atoms with E-state index < -0.39 is 40.9 Å². The van der Waals surface area contributed by atoms with Crippen molar-refractivity contribution in [2.75, 3.05) is 59.2 Å². The summed E-state index contributed by atoms with van der Waals surface area (Å²) in [5.41, 5.74) is 0.852. The summed E-state index contributed by atoms with van der Waals surface area (Å²) in [7, 11) is -4.20. The highest BCUT2D eigenvalue weighted by molar-refractivity contribution is 7.89. The van der Waals surface area contributed by atoms with Gasteiger partial charge in [0, 0.05) is 19.6 Å². The van der Waals surface area contributed by atoms with E-state index in [1.54, 1.807) is 12.1 Å². The zero-order valence-electron chi connectivity index (χ0n) is 27.2. The summed E-state index contributed by atoms with van der Waals surface area (Å²) >= 11 is 0. The monoisotopic (exact) mass is 689 g/mol. The lowest BCUT2D eigenvalue weighted by Gasteiger charge is -2.31. The highest BCUT2D eigenvalue weighted by atomic mass is 32.2. The zero-order chi connectivity index (χ0) is 33.3. The second-order valence-corrected chi connectivity index (χ2v) is 14.6. The third-order valence-corrected chi connectivity index (χ3v) is 11.0. The van der Waals surface area contributed by atoms with Crippen LogP contribution in [0.5, 0.6) is 5.75 Å². The third-order valence-electron chi connectivity index (χ3n) is 9.38. The van der Waals surface area contributed by atoms with Crippen LogP contribution in [0.3, 0.4) is 0 Å². The van der Waals surface area contributed by atoms with Crippen LogP contribution in [0.2, 0.25) is 0 Å². The van der Waals surface area contributed by atoms with E-state index in [9.17, 15) is 18.3 Å². The Labute approximate surface area is 282 Å². The van der Waals surface area contributed by atoms with Gasteiger partial charge in [-0.25, -0.2) is 13.2 Å². The van der Waals surface area contributed by atoms with Crippen molar-refractivity contribution < 1.29 is 46.8 Å². The number of carbonyl (C=O) groups excluding carboxylic acids is 1. The van der Waals surface area contributed by atoms with Crippen molar-refractivity contribution in [2.24, 2.45) is 5.92 Å². The molecular weight excluding hydrogens is 642 g/mol. The number of hydrogen-bond donors (Lipinski definition) is 2. The zero-order valence-corrected chi connectivity index (χ0v) is 28.0. The summed E-state index contributed by atoms with van der Waals surface area (Å²) in [6.45, 7) is 4.72. The van der Waals surface area contributed by atoms with Crippen LogP contribution in [-0.4, -0.2) is 119 Å². The van der Waals surface area contributed by atoms with Crippen molar-refractivity contribution >= 4 is 16.1 Å². The fraction of sp³-hybridized carbons (Fsp3) is 0.618. The number of amides is 1. The maximum atomic E-state index is 14.0. The molecule has 4 aliphatic rings.